The van der Waals surface area contributed by atoms with Crippen LogP contribution in [-0.2, 0) is 14.8 Å². The van der Waals surface area contributed by atoms with Gasteiger partial charge in [0.15, 0.2) is 0 Å². The second kappa shape index (κ2) is 10.2. The van der Waals surface area contributed by atoms with E-state index in [4.69, 9.17) is 0 Å². The van der Waals surface area contributed by atoms with Crippen LogP contribution in [0.1, 0.15) is 49.7 Å². The van der Waals surface area contributed by atoms with Crippen LogP contribution in [0.15, 0.2) is 59.5 Å². The molecule has 30 heavy (non-hydrogen) atoms. The minimum Gasteiger partial charge on any atom is -0.342 e. The Morgan fingerprint density at radius 2 is 1.83 bits per heavy atom. The summed E-state index contributed by atoms with van der Waals surface area (Å²) in [6.45, 7) is 5.72. The Kier molecular flexibility index (Phi) is 7.67. The van der Waals surface area contributed by atoms with Crippen LogP contribution in [0, 0.1) is 12.8 Å². The Morgan fingerprint density at radius 3 is 2.50 bits per heavy atom. The molecule has 0 spiro atoms. The van der Waals surface area contributed by atoms with Gasteiger partial charge in [0, 0.05) is 19.6 Å². The van der Waals surface area contributed by atoms with Gasteiger partial charge in [-0.3, -0.25) is 4.79 Å². The van der Waals surface area contributed by atoms with Gasteiger partial charge >= 0.3 is 0 Å². The van der Waals surface area contributed by atoms with Crippen molar-refractivity contribution in [3.63, 3.8) is 0 Å². The zero-order chi connectivity index (χ0) is 21.6. The minimum atomic E-state index is -3.54. The average Bonchev–Trinajstić information content (AvgIpc) is 2.77. The minimum absolute atomic E-state index is 0.126. The molecular formula is C24H32N2O3S. The molecule has 1 aliphatic rings. The maximum absolute atomic E-state index is 13.3. The maximum atomic E-state index is 13.3. The molecule has 0 saturated carbocycles. The molecule has 6 heteroatoms. The van der Waals surface area contributed by atoms with Gasteiger partial charge in [0.1, 0.15) is 0 Å². The number of hydrogen-bond donors (Lipinski definition) is 1. The number of piperidine rings is 1. The molecule has 5 nitrogen and oxygen atoms in total. The summed E-state index contributed by atoms with van der Waals surface area (Å²) in [6.07, 6.45) is 3.59. The highest BCUT2D eigenvalue weighted by atomic mass is 32.2. The van der Waals surface area contributed by atoms with Crippen LogP contribution in [0.25, 0.3) is 0 Å². The summed E-state index contributed by atoms with van der Waals surface area (Å²) in [6, 6.07) is 16.8. The normalized spacial score (nSPS) is 18.2. The van der Waals surface area contributed by atoms with Gasteiger partial charge in [-0.1, -0.05) is 61.4 Å². The molecule has 2 aromatic rings. The number of sulfonamides is 1. The fraction of sp³-hybridized carbons (Fsp3) is 0.458. The standard InChI is InChI=1S/C24H32N2O3S/c1-3-8-23(21-10-5-4-6-11-21)24(27)26-16-7-9-20(18-26)17-25-30(28,29)22-14-12-19(2)13-15-22/h4-6,10-15,20,23,25H,3,7-9,16-18H2,1-2H3. The van der Waals surface area contributed by atoms with Crippen LogP contribution >= 0.6 is 0 Å². The summed E-state index contributed by atoms with van der Waals surface area (Å²) in [5.41, 5.74) is 2.09. The monoisotopic (exact) mass is 428 g/mol. The van der Waals surface area contributed by atoms with Crippen LogP contribution < -0.4 is 4.72 Å². The molecule has 1 fully saturated rings. The number of likely N-dealkylation sites (tertiary alicyclic amines) is 1. The number of carbonyl (C=O) groups is 1. The van der Waals surface area contributed by atoms with Crippen molar-refractivity contribution >= 4 is 15.9 Å². The Balaban J connectivity index is 1.63. The number of carbonyl (C=O) groups excluding carboxylic acids is 1. The number of hydrogen-bond acceptors (Lipinski definition) is 3. The molecule has 0 radical (unpaired) electrons. The van der Waals surface area contributed by atoms with E-state index >= 15 is 0 Å². The van der Waals surface area contributed by atoms with Crippen LogP contribution in [0.2, 0.25) is 0 Å². The number of amides is 1. The predicted octanol–water partition coefficient (Wildman–Crippen LogP) is 4.10. The summed E-state index contributed by atoms with van der Waals surface area (Å²) >= 11 is 0. The molecule has 1 amide bonds. The van der Waals surface area contributed by atoms with Crippen molar-refractivity contribution in [3.8, 4) is 0 Å². The number of aryl methyl sites for hydroxylation is 1. The molecule has 0 aliphatic carbocycles. The lowest BCUT2D eigenvalue weighted by molar-refractivity contribution is -0.134. The van der Waals surface area contributed by atoms with Gasteiger partial charge in [0.2, 0.25) is 15.9 Å². The Bertz CT molecular complexity index is 927. The second-order valence-electron chi connectivity index (χ2n) is 8.21. The van der Waals surface area contributed by atoms with Crippen molar-refractivity contribution in [2.24, 2.45) is 5.92 Å². The second-order valence-corrected chi connectivity index (χ2v) is 9.98. The number of nitrogens with one attached hydrogen (secondary N) is 1. The van der Waals surface area contributed by atoms with Gasteiger partial charge < -0.3 is 4.90 Å². The third-order valence-electron chi connectivity index (χ3n) is 5.80. The topological polar surface area (TPSA) is 66.5 Å². The van der Waals surface area contributed by atoms with Crippen LogP contribution in [0.4, 0.5) is 0 Å². The molecular weight excluding hydrogens is 396 g/mol. The third kappa shape index (κ3) is 5.70. The molecule has 3 rings (SSSR count). The Hall–Kier alpha value is -2.18. The number of benzene rings is 2. The van der Waals surface area contributed by atoms with Gasteiger partial charge in [0.05, 0.1) is 10.8 Å². The van der Waals surface area contributed by atoms with Crippen LogP contribution in [0.5, 0.6) is 0 Å². The summed E-state index contributed by atoms with van der Waals surface area (Å²) in [4.78, 5) is 15.5. The summed E-state index contributed by atoms with van der Waals surface area (Å²) in [5, 5.41) is 0. The highest BCUT2D eigenvalue weighted by molar-refractivity contribution is 7.89. The molecule has 2 atom stereocenters. The van der Waals surface area contributed by atoms with E-state index in [9.17, 15) is 13.2 Å². The van der Waals surface area contributed by atoms with E-state index in [1.165, 1.54) is 0 Å². The zero-order valence-electron chi connectivity index (χ0n) is 17.9. The van der Waals surface area contributed by atoms with E-state index in [0.29, 0.717) is 13.1 Å². The first-order valence-corrected chi connectivity index (χ1v) is 12.3. The fourth-order valence-corrected chi connectivity index (χ4v) is 5.20. The van der Waals surface area contributed by atoms with Gasteiger partial charge in [-0.2, -0.15) is 0 Å². The lowest BCUT2D eigenvalue weighted by Gasteiger charge is -2.35. The number of rotatable bonds is 8. The van der Waals surface area contributed by atoms with Gasteiger partial charge in [-0.15, -0.1) is 0 Å². The van der Waals surface area contributed by atoms with E-state index in [1.807, 2.05) is 42.2 Å². The first-order valence-electron chi connectivity index (χ1n) is 10.8. The lowest BCUT2D eigenvalue weighted by atomic mass is 9.91. The van der Waals surface area contributed by atoms with Gasteiger partial charge in [-0.25, -0.2) is 13.1 Å². The molecule has 0 bridgehead atoms. The highest BCUT2D eigenvalue weighted by Gasteiger charge is 2.30. The Labute approximate surface area is 180 Å². The predicted molar refractivity (Wildman–Crippen MR) is 120 cm³/mol. The van der Waals surface area contributed by atoms with Gasteiger partial charge in [0.25, 0.3) is 0 Å². The molecule has 2 aromatic carbocycles. The average molecular weight is 429 g/mol. The van der Waals surface area contributed by atoms with E-state index in [0.717, 1.165) is 43.4 Å². The number of nitrogens with zero attached hydrogens (tertiary/aromatic N) is 1. The third-order valence-corrected chi connectivity index (χ3v) is 7.24. The first-order chi connectivity index (χ1) is 14.4. The SMILES string of the molecule is CCCC(C(=O)N1CCCC(CNS(=O)(=O)c2ccc(C)cc2)C1)c1ccccc1. The van der Waals surface area contributed by atoms with E-state index in [-0.39, 0.29) is 22.6 Å². The van der Waals surface area contributed by atoms with Crippen molar-refractivity contribution in [1.82, 2.24) is 9.62 Å². The van der Waals surface area contributed by atoms with Gasteiger partial charge in [-0.05, 0) is 49.8 Å². The molecule has 162 valence electrons. The van der Waals surface area contributed by atoms with Crippen molar-refractivity contribution < 1.29 is 13.2 Å². The molecule has 1 heterocycles. The smallest absolute Gasteiger partial charge is 0.240 e. The van der Waals surface area contributed by atoms with Crippen molar-refractivity contribution in [2.75, 3.05) is 19.6 Å². The molecule has 0 aromatic heterocycles. The largest absolute Gasteiger partial charge is 0.342 e. The summed E-state index contributed by atoms with van der Waals surface area (Å²) < 4.78 is 27.9. The van der Waals surface area contributed by atoms with E-state index < -0.39 is 10.0 Å². The van der Waals surface area contributed by atoms with E-state index in [1.54, 1.807) is 24.3 Å². The van der Waals surface area contributed by atoms with Crippen molar-refractivity contribution in [1.29, 1.82) is 0 Å². The van der Waals surface area contributed by atoms with Crippen LogP contribution in [0.3, 0.4) is 0 Å². The maximum Gasteiger partial charge on any atom is 0.240 e. The zero-order valence-corrected chi connectivity index (χ0v) is 18.7. The van der Waals surface area contributed by atoms with Crippen molar-refractivity contribution in [2.45, 2.75) is 50.3 Å². The first kappa shape index (κ1) is 22.5. The molecule has 1 aliphatic heterocycles. The summed E-state index contributed by atoms with van der Waals surface area (Å²) in [7, 11) is -3.54. The molecule has 2 unspecified atom stereocenters. The summed E-state index contributed by atoms with van der Waals surface area (Å²) in [5.74, 6) is 0.161. The lowest BCUT2D eigenvalue weighted by Crippen LogP contribution is -2.45. The van der Waals surface area contributed by atoms with E-state index in [2.05, 4.69) is 11.6 Å². The van der Waals surface area contributed by atoms with Crippen molar-refractivity contribution in [3.05, 3.63) is 65.7 Å². The Morgan fingerprint density at radius 1 is 1.13 bits per heavy atom. The molecule has 1 N–H and O–H groups in total. The quantitative estimate of drug-likeness (QED) is 0.688. The molecule has 1 saturated heterocycles. The fourth-order valence-electron chi connectivity index (χ4n) is 4.09. The van der Waals surface area contributed by atoms with Crippen LogP contribution in [-0.4, -0.2) is 38.9 Å². The highest BCUT2D eigenvalue weighted by Crippen LogP contribution is 2.27.